The number of aryl methyl sites for hydroxylation is 2. The zero-order valence-electron chi connectivity index (χ0n) is 13.9. The molecule has 0 spiro atoms. The second-order valence-corrected chi connectivity index (χ2v) is 5.84. The summed E-state index contributed by atoms with van der Waals surface area (Å²) in [6.07, 6.45) is 0. The monoisotopic (exact) mass is 304 g/mol. The molecule has 0 atom stereocenters. The van der Waals surface area contributed by atoms with Gasteiger partial charge < -0.3 is 5.73 Å². The first-order valence-electron chi connectivity index (χ1n) is 7.62. The van der Waals surface area contributed by atoms with Gasteiger partial charge >= 0.3 is 0 Å². The molecule has 3 rings (SSSR count). The van der Waals surface area contributed by atoms with Gasteiger partial charge in [-0.15, -0.1) is 0 Å². The summed E-state index contributed by atoms with van der Waals surface area (Å²) >= 11 is 0. The van der Waals surface area contributed by atoms with E-state index in [0.717, 1.165) is 22.3 Å². The Hall–Kier alpha value is -2.75. The zero-order valence-corrected chi connectivity index (χ0v) is 13.9. The lowest BCUT2D eigenvalue weighted by Crippen LogP contribution is -2.04. The molecule has 1 aromatic heterocycles. The van der Waals surface area contributed by atoms with E-state index < -0.39 is 0 Å². The van der Waals surface area contributed by atoms with E-state index in [9.17, 15) is 0 Å². The number of hydrogen-bond donors (Lipinski definition) is 1. The molecular formula is C19H20N4. The van der Waals surface area contributed by atoms with E-state index in [0.29, 0.717) is 11.6 Å². The molecule has 23 heavy (non-hydrogen) atoms. The fourth-order valence-electron chi connectivity index (χ4n) is 2.62. The predicted octanol–water partition coefficient (Wildman–Crippen LogP) is 4.02. The summed E-state index contributed by atoms with van der Waals surface area (Å²) in [5.41, 5.74) is 12.7. The molecule has 0 aliphatic rings. The number of rotatable bonds is 2. The van der Waals surface area contributed by atoms with E-state index in [1.54, 1.807) is 0 Å². The van der Waals surface area contributed by atoms with Gasteiger partial charge in [0.2, 0.25) is 5.95 Å². The molecule has 1 heterocycles. The minimum Gasteiger partial charge on any atom is -0.368 e. The molecule has 0 fully saturated rings. The maximum absolute atomic E-state index is 5.95. The lowest BCUT2D eigenvalue weighted by molar-refractivity contribution is 1.07. The van der Waals surface area contributed by atoms with Crippen LogP contribution in [0.2, 0.25) is 0 Å². The van der Waals surface area contributed by atoms with Crippen molar-refractivity contribution in [3.8, 4) is 22.8 Å². The Balaban J connectivity index is 2.21. The summed E-state index contributed by atoms with van der Waals surface area (Å²) in [6.45, 7) is 8.30. The van der Waals surface area contributed by atoms with Crippen LogP contribution in [0.15, 0.2) is 36.4 Å². The second kappa shape index (κ2) is 5.80. The molecule has 4 heteroatoms. The van der Waals surface area contributed by atoms with Gasteiger partial charge in [0.15, 0.2) is 11.6 Å². The summed E-state index contributed by atoms with van der Waals surface area (Å²) in [4.78, 5) is 13.4. The molecule has 4 nitrogen and oxygen atoms in total. The van der Waals surface area contributed by atoms with Crippen LogP contribution in [-0.4, -0.2) is 15.0 Å². The standard InChI is InChI=1S/C19H20N4/c1-11-7-5-9-15(13(11)3)17-21-18(23-19(20)22-17)16-10-6-8-12(2)14(16)4/h5-10H,1-4H3,(H2,20,21,22,23). The lowest BCUT2D eigenvalue weighted by atomic mass is 10.0. The second-order valence-electron chi connectivity index (χ2n) is 5.84. The molecule has 0 aliphatic heterocycles. The highest BCUT2D eigenvalue weighted by molar-refractivity contribution is 5.68. The highest BCUT2D eigenvalue weighted by Gasteiger charge is 2.13. The predicted molar refractivity (Wildman–Crippen MR) is 94.1 cm³/mol. The highest BCUT2D eigenvalue weighted by atomic mass is 15.1. The molecule has 0 radical (unpaired) electrons. The van der Waals surface area contributed by atoms with Crippen LogP contribution >= 0.6 is 0 Å². The number of nitrogens with zero attached hydrogens (tertiary/aromatic N) is 3. The Morgan fingerprint density at radius 3 is 1.52 bits per heavy atom. The van der Waals surface area contributed by atoms with Crippen LogP contribution < -0.4 is 5.73 Å². The number of benzene rings is 2. The molecule has 0 aliphatic carbocycles. The van der Waals surface area contributed by atoms with Crippen LogP contribution in [-0.2, 0) is 0 Å². The fraction of sp³-hybridized carbons (Fsp3) is 0.211. The SMILES string of the molecule is Cc1cccc(-c2nc(N)nc(-c3cccc(C)c3C)n2)c1C. The Morgan fingerprint density at radius 2 is 1.09 bits per heavy atom. The van der Waals surface area contributed by atoms with Crippen LogP contribution in [0.25, 0.3) is 22.8 Å². The summed E-state index contributed by atoms with van der Waals surface area (Å²) in [7, 11) is 0. The minimum absolute atomic E-state index is 0.242. The molecule has 3 aromatic rings. The van der Waals surface area contributed by atoms with Crippen LogP contribution in [0.5, 0.6) is 0 Å². The number of hydrogen-bond acceptors (Lipinski definition) is 4. The third-order valence-corrected chi connectivity index (χ3v) is 4.34. The maximum Gasteiger partial charge on any atom is 0.224 e. The number of nitrogens with two attached hydrogens (primary N) is 1. The van der Waals surface area contributed by atoms with Gasteiger partial charge in [-0.05, 0) is 49.9 Å². The maximum atomic E-state index is 5.95. The van der Waals surface area contributed by atoms with Crippen LogP contribution in [0.1, 0.15) is 22.3 Å². The third-order valence-electron chi connectivity index (χ3n) is 4.34. The molecule has 0 amide bonds. The highest BCUT2D eigenvalue weighted by Crippen LogP contribution is 2.27. The van der Waals surface area contributed by atoms with Gasteiger partial charge in [-0.25, -0.2) is 4.98 Å². The molecule has 0 unspecified atom stereocenters. The first-order chi connectivity index (χ1) is 11.0. The lowest BCUT2D eigenvalue weighted by Gasteiger charge is -2.11. The smallest absolute Gasteiger partial charge is 0.224 e. The molecular weight excluding hydrogens is 284 g/mol. The number of nitrogen functional groups attached to an aromatic ring is 1. The normalized spacial score (nSPS) is 10.8. The third kappa shape index (κ3) is 2.80. The largest absolute Gasteiger partial charge is 0.368 e. The molecule has 2 N–H and O–H groups in total. The van der Waals surface area contributed by atoms with Gasteiger partial charge in [-0.3, -0.25) is 0 Å². The average Bonchev–Trinajstić information content (AvgIpc) is 2.52. The van der Waals surface area contributed by atoms with Gasteiger partial charge in [0.05, 0.1) is 0 Å². The van der Waals surface area contributed by atoms with Gasteiger partial charge in [-0.1, -0.05) is 36.4 Å². The number of aromatic nitrogens is 3. The molecule has 116 valence electrons. The Bertz CT molecular complexity index is 815. The minimum atomic E-state index is 0.242. The van der Waals surface area contributed by atoms with Crippen molar-refractivity contribution in [2.45, 2.75) is 27.7 Å². The van der Waals surface area contributed by atoms with E-state index in [4.69, 9.17) is 5.73 Å². The van der Waals surface area contributed by atoms with Crippen molar-refractivity contribution >= 4 is 5.95 Å². The summed E-state index contributed by atoms with van der Waals surface area (Å²) in [5.74, 6) is 1.48. The van der Waals surface area contributed by atoms with Gasteiger partial charge in [0.1, 0.15) is 0 Å². The Morgan fingerprint density at radius 1 is 0.652 bits per heavy atom. The topological polar surface area (TPSA) is 64.7 Å². The van der Waals surface area contributed by atoms with E-state index in [2.05, 4.69) is 54.8 Å². The van der Waals surface area contributed by atoms with Crippen molar-refractivity contribution in [2.75, 3.05) is 5.73 Å². The Labute approximate surface area is 136 Å². The Kier molecular flexibility index (Phi) is 3.82. The first-order valence-corrected chi connectivity index (χ1v) is 7.62. The van der Waals surface area contributed by atoms with Gasteiger partial charge in [0, 0.05) is 11.1 Å². The van der Waals surface area contributed by atoms with E-state index in [-0.39, 0.29) is 5.95 Å². The summed E-state index contributed by atoms with van der Waals surface area (Å²) in [5, 5.41) is 0. The summed E-state index contributed by atoms with van der Waals surface area (Å²) in [6, 6.07) is 12.2. The van der Waals surface area contributed by atoms with Crippen molar-refractivity contribution < 1.29 is 0 Å². The molecule has 2 aromatic carbocycles. The quantitative estimate of drug-likeness (QED) is 0.776. The zero-order chi connectivity index (χ0) is 16.6. The van der Waals surface area contributed by atoms with Gasteiger partial charge in [0.25, 0.3) is 0 Å². The van der Waals surface area contributed by atoms with Crippen LogP contribution in [0, 0.1) is 27.7 Å². The van der Waals surface area contributed by atoms with Crippen molar-refractivity contribution in [2.24, 2.45) is 0 Å². The fourth-order valence-corrected chi connectivity index (χ4v) is 2.62. The van der Waals surface area contributed by atoms with Crippen molar-refractivity contribution in [3.63, 3.8) is 0 Å². The van der Waals surface area contributed by atoms with Gasteiger partial charge in [-0.2, -0.15) is 9.97 Å². The first kappa shape index (κ1) is 15.2. The molecule has 0 bridgehead atoms. The van der Waals surface area contributed by atoms with E-state index in [1.165, 1.54) is 11.1 Å². The summed E-state index contributed by atoms with van der Waals surface area (Å²) < 4.78 is 0. The van der Waals surface area contributed by atoms with Crippen molar-refractivity contribution in [1.29, 1.82) is 0 Å². The van der Waals surface area contributed by atoms with Crippen molar-refractivity contribution in [1.82, 2.24) is 15.0 Å². The van der Waals surface area contributed by atoms with Crippen LogP contribution in [0.4, 0.5) is 5.95 Å². The van der Waals surface area contributed by atoms with E-state index >= 15 is 0 Å². The van der Waals surface area contributed by atoms with Crippen LogP contribution in [0.3, 0.4) is 0 Å². The van der Waals surface area contributed by atoms with E-state index in [1.807, 2.05) is 24.3 Å². The number of anilines is 1. The average molecular weight is 304 g/mol. The molecule has 0 saturated carbocycles. The van der Waals surface area contributed by atoms with Crippen molar-refractivity contribution in [3.05, 3.63) is 58.7 Å². The molecule has 0 saturated heterocycles.